The van der Waals surface area contributed by atoms with Crippen LogP contribution in [-0.2, 0) is 14.2 Å². The third-order valence-corrected chi connectivity index (χ3v) is 25.9. The Kier molecular flexibility index (Phi) is 36.1. The van der Waals surface area contributed by atoms with Gasteiger partial charge < -0.3 is 71.1 Å². The second-order valence-corrected chi connectivity index (χ2v) is 39.6. The summed E-state index contributed by atoms with van der Waals surface area (Å²) in [4.78, 5) is 79.3. The molecule has 0 atom stereocenters. The molecule has 8 aromatic heterocycles. The van der Waals surface area contributed by atoms with E-state index in [2.05, 4.69) is 136 Å². The first kappa shape index (κ1) is 104. The number of nitrogens with zero attached hydrogens (tertiary/aromatic N) is 15. The number of aryl methyl sites for hydroxylation is 4. The topological polar surface area (TPSA) is 344 Å². The minimum atomic E-state index is -1.57. The molecule has 3 aromatic carbocycles. The Balaban J connectivity index is 0.000000194. The number of anilines is 3. The molecular formula is C87H116BBr3Cl6N20O9. The van der Waals surface area contributed by atoms with Gasteiger partial charge in [-0.2, -0.15) is 0 Å². The Labute approximate surface area is 793 Å². The summed E-state index contributed by atoms with van der Waals surface area (Å²) in [6.45, 7) is 39.7. The smallest absolute Gasteiger partial charge is 0.444 e. The highest BCUT2D eigenvalue weighted by Crippen LogP contribution is 2.41. The van der Waals surface area contributed by atoms with E-state index in [1.807, 2.05) is 157 Å². The van der Waals surface area contributed by atoms with Crippen molar-refractivity contribution in [2.45, 2.75) is 215 Å². The molecule has 9 N–H and O–H groups in total. The van der Waals surface area contributed by atoms with E-state index in [1.54, 1.807) is 49.1 Å². The molecule has 4 aliphatic rings. The molecule has 0 radical (unpaired) electrons. The van der Waals surface area contributed by atoms with Gasteiger partial charge in [-0.1, -0.05) is 113 Å². The molecule has 11 aromatic rings. The summed E-state index contributed by atoms with van der Waals surface area (Å²) in [7, 11) is -0.568. The van der Waals surface area contributed by atoms with Gasteiger partial charge in [-0.25, -0.2) is 54.3 Å². The first-order chi connectivity index (χ1) is 58.6. The number of aliphatic hydroxyl groups is 1. The number of carbonyl (C=O) groups excluding carboxylic acids is 3. The Bertz CT molecular complexity index is 5570. The number of amides is 3. The lowest BCUT2D eigenvalue weighted by Gasteiger charge is -2.40. The van der Waals surface area contributed by atoms with Gasteiger partial charge in [-0.3, -0.25) is 17.6 Å². The van der Waals surface area contributed by atoms with Gasteiger partial charge in [0.15, 0.2) is 40.0 Å². The molecule has 39 heteroatoms. The number of fused-ring (bicyclic) bond motifs is 4. The molecule has 126 heavy (non-hydrogen) atoms. The zero-order valence-electron chi connectivity index (χ0n) is 73.7. The minimum Gasteiger partial charge on any atom is -0.444 e. The number of nitrogens with one attached hydrogen (secondary N) is 4. The SMILES string of the molecule is C.CC1(NC(=O)OC(C)(C)C)CCNCC1.CO.Cc1nc(Br)c2nccn2c1Br.Cc1nc(N2CCC(C)(N)CC2)c2nccn2c1-c1cccc(Cl)c1Cl.Cc1nc(N2CCC(C)(NC(=O)OC(C)(C)C)CC2)c2nccn2c1-c1cccc(Cl)c1Cl.Cc1nc(N2CCC(C)(NC(=O)OC(C)(C)C)CC2)c2nccn2c1Br.OB(O)c1cccc(Cl)c1Cl. The zero-order chi connectivity index (χ0) is 92.2. The van der Waals surface area contributed by atoms with Gasteiger partial charge in [0.05, 0.1) is 64.3 Å². The fourth-order valence-corrected chi connectivity index (χ4v) is 16.8. The molecule has 4 aliphatic heterocycles. The summed E-state index contributed by atoms with van der Waals surface area (Å²) >= 11 is 47.1. The Morgan fingerprint density at radius 3 is 1.11 bits per heavy atom. The monoisotopic (exact) mass is 2040 g/mol. The molecule has 0 saturated carbocycles. The van der Waals surface area contributed by atoms with E-state index in [0.717, 1.165) is 210 Å². The number of hydrogen-bond donors (Lipinski definition) is 8. The van der Waals surface area contributed by atoms with Crippen molar-refractivity contribution in [3.05, 3.63) is 171 Å². The molecule has 15 rings (SSSR count). The van der Waals surface area contributed by atoms with Gasteiger partial charge in [0.1, 0.15) is 30.6 Å². The van der Waals surface area contributed by atoms with Crippen LogP contribution in [0.4, 0.5) is 31.8 Å². The summed E-state index contributed by atoms with van der Waals surface area (Å²) in [6, 6.07) is 15.9. The Hall–Kier alpha value is -7.61. The largest absolute Gasteiger partial charge is 0.490 e. The van der Waals surface area contributed by atoms with Crippen molar-refractivity contribution in [1.82, 2.24) is 78.7 Å². The first-order valence-corrected chi connectivity index (χ1v) is 45.4. The maximum absolute atomic E-state index is 12.3. The predicted molar refractivity (Wildman–Crippen MR) is 518 cm³/mol. The summed E-state index contributed by atoms with van der Waals surface area (Å²) in [6.07, 6.45) is 20.6. The summed E-state index contributed by atoms with van der Waals surface area (Å²) < 4.78 is 26.7. The van der Waals surface area contributed by atoms with Gasteiger partial charge in [0, 0.05) is 135 Å². The van der Waals surface area contributed by atoms with Crippen molar-refractivity contribution in [1.29, 1.82) is 0 Å². The number of piperidine rings is 4. The van der Waals surface area contributed by atoms with Crippen molar-refractivity contribution in [3.63, 3.8) is 0 Å². The number of ether oxygens (including phenoxy) is 3. The number of halogens is 9. The molecule has 0 unspecified atom stereocenters. The van der Waals surface area contributed by atoms with Crippen LogP contribution < -0.4 is 47.2 Å². The molecule has 12 heterocycles. The molecular weight excluding hydrogens is 1930 g/mol. The lowest BCUT2D eigenvalue weighted by Crippen LogP contribution is -2.54. The van der Waals surface area contributed by atoms with Crippen molar-refractivity contribution in [2.24, 2.45) is 5.73 Å². The lowest BCUT2D eigenvalue weighted by atomic mass is 9.80. The molecule has 3 amide bonds. The number of imidazole rings is 4. The molecule has 684 valence electrons. The average Bonchev–Trinajstić information content (AvgIpc) is 1.01. The zero-order valence-corrected chi connectivity index (χ0v) is 83.0. The van der Waals surface area contributed by atoms with Crippen LogP contribution in [-0.4, -0.2) is 196 Å². The van der Waals surface area contributed by atoms with Gasteiger partial charge in [0.25, 0.3) is 0 Å². The molecule has 29 nitrogen and oxygen atoms in total. The second-order valence-electron chi connectivity index (χ2n) is 35.0. The van der Waals surface area contributed by atoms with Crippen LogP contribution in [0.1, 0.15) is 172 Å². The van der Waals surface area contributed by atoms with Crippen molar-refractivity contribution in [2.75, 3.05) is 74.2 Å². The number of benzene rings is 3. The highest BCUT2D eigenvalue weighted by molar-refractivity contribution is 9.11. The fraction of sp³-hybridized carbons (Fsp3) is 0.483. The number of rotatable bonds is 9. The highest BCUT2D eigenvalue weighted by atomic mass is 79.9. The number of alkyl carbamates (subject to hydrolysis) is 3. The van der Waals surface area contributed by atoms with Crippen molar-refractivity contribution < 1.29 is 43.7 Å². The number of carbonyl (C=O) groups is 3. The summed E-state index contributed by atoms with van der Waals surface area (Å²) in [5, 5.41) is 39.3. The third kappa shape index (κ3) is 27.3. The fourth-order valence-electron chi connectivity index (χ4n) is 14.3. The molecule has 4 saturated heterocycles. The van der Waals surface area contributed by atoms with Crippen LogP contribution in [0, 0.1) is 27.7 Å². The van der Waals surface area contributed by atoms with E-state index in [9.17, 15) is 14.4 Å². The maximum Gasteiger partial charge on any atom is 0.490 e. The second kappa shape index (κ2) is 43.9. The first-order valence-electron chi connectivity index (χ1n) is 40.8. The lowest BCUT2D eigenvalue weighted by molar-refractivity contribution is 0.0432. The van der Waals surface area contributed by atoms with Crippen molar-refractivity contribution in [3.8, 4) is 22.5 Å². The predicted octanol–water partition coefficient (Wildman–Crippen LogP) is 19.0. The van der Waals surface area contributed by atoms with E-state index >= 15 is 0 Å². The van der Waals surface area contributed by atoms with Gasteiger partial charge in [0.2, 0.25) is 0 Å². The number of aliphatic hydroxyl groups excluding tert-OH is 1. The van der Waals surface area contributed by atoms with E-state index in [-0.39, 0.29) is 58.3 Å². The standard InChI is InChI=1S/C24H29Cl2N5O2.C19H21Cl2N5.C18H26BrN5O2.C11H22N2O2.C7H5Br2N3.C6H5BCl2O2.CH4O.CH4/c1-15-19(16-7-6-8-17(25)18(16)26)31-14-11-27-20(31)21(28-15)30-12-9-24(5,10-13-30)29-22(32)33-23(2,3)4;1-12-16(13-4-3-5-14(20)15(13)21)26-11-8-23-17(26)18(24-12)25-9-6-19(2,22)7-10-25;1-12-13(19)24-11-8-20-14(24)15(21-12)23-9-6-18(5,7-10-23)22-16(25)26-17(2,3)4;1-10(2,3)15-9(14)13-11(4)5-7-12-8-6-11;1-4-6(9)12-3-2-10-7(12)5(8)11-4;8-5-3-1-2-4(6(5)9)7(10)11;1-2;/h6-8,11,14H,9-10,12-13H2,1-5H3,(H,29,32);3-5,8,11H,6-7,9-10,22H2,1-2H3;8,11H,6-7,9-10H2,1-5H3,(H,22,25);12H,5-8H2,1-4H3,(H,13,14);2-3H,1H3;1-3,10-11H;2H,1H3;1H4. The molecule has 0 bridgehead atoms. The molecule has 4 fully saturated rings. The van der Waals surface area contributed by atoms with Crippen LogP contribution in [0.2, 0.25) is 30.1 Å². The number of nitrogens with two attached hydrogens (primary N) is 1. The van der Waals surface area contributed by atoms with Gasteiger partial charge >= 0.3 is 25.4 Å². The normalized spacial score (nSPS) is 15.8. The van der Waals surface area contributed by atoms with E-state index in [1.165, 1.54) is 6.07 Å². The van der Waals surface area contributed by atoms with E-state index in [4.69, 9.17) is 120 Å². The summed E-state index contributed by atoms with van der Waals surface area (Å²) in [5.74, 6) is 2.60. The molecule has 0 aliphatic carbocycles. The quantitative estimate of drug-likeness (QED) is 0.0491. The van der Waals surface area contributed by atoms with Gasteiger partial charge in [-0.05, 0) is 248 Å². The number of aromatic nitrogens is 12. The van der Waals surface area contributed by atoms with Crippen LogP contribution in [0.3, 0.4) is 0 Å². The maximum atomic E-state index is 12.3. The number of hydrogen-bond acceptors (Lipinski definition) is 22. The van der Waals surface area contributed by atoms with Crippen LogP contribution in [0.5, 0.6) is 0 Å². The molecule has 0 spiro atoms. The summed E-state index contributed by atoms with van der Waals surface area (Å²) in [5.41, 5.74) is 14.5. The van der Waals surface area contributed by atoms with Crippen LogP contribution >= 0.6 is 117 Å². The van der Waals surface area contributed by atoms with Crippen molar-refractivity contribution >= 4 is 188 Å². The Morgan fingerprint density at radius 2 is 0.754 bits per heavy atom. The van der Waals surface area contributed by atoms with Crippen LogP contribution in [0.25, 0.3) is 45.1 Å². The van der Waals surface area contributed by atoms with Gasteiger partial charge in [-0.15, -0.1) is 0 Å². The minimum absolute atomic E-state index is 0. The highest BCUT2D eigenvalue weighted by Gasteiger charge is 2.38. The van der Waals surface area contributed by atoms with Crippen LogP contribution in [0.15, 0.2) is 118 Å². The van der Waals surface area contributed by atoms with E-state index in [0.29, 0.717) is 25.1 Å². The Morgan fingerprint density at radius 1 is 0.452 bits per heavy atom. The third-order valence-electron chi connectivity index (χ3n) is 20.9. The average molecular weight is 2050 g/mol. The van der Waals surface area contributed by atoms with E-state index < -0.39 is 23.9 Å².